The molecule has 32 heavy (non-hydrogen) atoms. The molecule has 0 saturated heterocycles. The quantitative estimate of drug-likeness (QED) is 0.429. The number of rotatable bonds is 8. The first-order valence-corrected chi connectivity index (χ1v) is 10.4. The summed E-state index contributed by atoms with van der Waals surface area (Å²) in [5.74, 6) is -3.18. The van der Waals surface area contributed by atoms with Crippen LogP contribution >= 0.6 is 0 Å². The number of anilines is 1. The topological polar surface area (TPSA) is 154 Å². The number of carbonyl (C=O) groups is 4. The third-order valence-electron chi connectivity index (χ3n) is 4.04. The Morgan fingerprint density at radius 3 is 1.97 bits per heavy atom. The van der Waals surface area contributed by atoms with Crippen molar-refractivity contribution in [3.8, 4) is 0 Å². The highest BCUT2D eigenvalue weighted by molar-refractivity contribution is 7.89. The average molecular weight is 464 g/mol. The van der Waals surface area contributed by atoms with Crippen LogP contribution in [0, 0.1) is 0 Å². The lowest BCUT2D eigenvalue weighted by Gasteiger charge is -2.10. The Hall–Kier alpha value is -3.77. The Morgan fingerprint density at radius 1 is 0.844 bits per heavy atom. The lowest BCUT2D eigenvalue weighted by Crippen LogP contribution is -2.22. The number of benzene rings is 2. The molecule has 1 amide bonds. The summed E-state index contributed by atoms with van der Waals surface area (Å²) in [6.07, 6.45) is 0. The zero-order valence-electron chi connectivity index (χ0n) is 17.3. The molecule has 2 aromatic carbocycles. The smallest absolute Gasteiger partial charge is 0.338 e. The van der Waals surface area contributed by atoms with Gasteiger partial charge in [0.05, 0.1) is 35.8 Å². The molecule has 2 aromatic rings. The minimum Gasteiger partial charge on any atom is -0.465 e. The molecule has 12 heteroatoms. The molecule has 0 radical (unpaired) electrons. The van der Waals surface area contributed by atoms with E-state index in [2.05, 4.69) is 19.5 Å². The van der Waals surface area contributed by atoms with Crippen LogP contribution in [0.2, 0.25) is 0 Å². The molecule has 2 N–H and O–H groups in total. The first-order valence-electron chi connectivity index (χ1n) is 8.93. The fourth-order valence-corrected chi connectivity index (χ4v) is 3.27. The molecule has 11 nitrogen and oxygen atoms in total. The third kappa shape index (κ3) is 6.12. The number of hydrogen-bond donors (Lipinski definition) is 2. The van der Waals surface area contributed by atoms with Gasteiger partial charge in [-0.3, -0.25) is 4.79 Å². The Bertz CT molecular complexity index is 1130. The second-order valence-corrected chi connectivity index (χ2v) is 8.03. The highest BCUT2D eigenvalue weighted by Gasteiger charge is 2.18. The van der Waals surface area contributed by atoms with Gasteiger partial charge in [0.2, 0.25) is 10.0 Å². The Balaban J connectivity index is 2.11. The van der Waals surface area contributed by atoms with Gasteiger partial charge in [0.25, 0.3) is 5.91 Å². The predicted molar refractivity (Wildman–Crippen MR) is 111 cm³/mol. The Kier molecular flexibility index (Phi) is 8.04. The maximum absolute atomic E-state index is 12.2. The zero-order chi connectivity index (χ0) is 23.9. The van der Waals surface area contributed by atoms with Gasteiger partial charge in [0.15, 0.2) is 6.61 Å². The molecule has 0 aliphatic rings. The number of carbonyl (C=O) groups excluding carboxylic acids is 4. The van der Waals surface area contributed by atoms with E-state index in [0.29, 0.717) is 0 Å². The van der Waals surface area contributed by atoms with Gasteiger partial charge in [0.1, 0.15) is 0 Å². The van der Waals surface area contributed by atoms with E-state index in [0.717, 1.165) is 20.3 Å². The van der Waals surface area contributed by atoms with Crippen LogP contribution in [0.1, 0.15) is 31.1 Å². The summed E-state index contributed by atoms with van der Waals surface area (Å²) in [6.45, 7) is -0.710. The highest BCUT2D eigenvalue weighted by atomic mass is 32.2. The van der Waals surface area contributed by atoms with Gasteiger partial charge in [-0.15, -0.1) is 0 Å². The molecular weight excluding hydrogens is 444 g/mol. The fraction of sp³-hybridized carbons (Fsp3) is 0.200. The number of amides is 1. The van der Waals surface area contributed by atoms with Crippen LogP contribution in [0.5, 0.6) is 0 Å². The van der Waals surface area contributed by atoms with Crippen LogP contribution in [-0.2, 0) is 29.0 Å². The number of ether oxygens (including phenoxy) is 3. The average Bonchev–Trinajstić information content (AvgIpc) is 2.81. The largest absolute Gasteiger partial charge is 0.465 e. The summed E-state index contributed by atoms with van der Waals surface area (Å²) in [6, 6.07) is 8.86. The van der Waals surface area contributed by atoms with Crippen LogP contribution in [0.3, 0.4) is 0 Å². The van der Waals surface area contributed by atoms with Crippen molar-refractivity contribution < 1.29 is 41.8 Å². The molecule has 0 aliphatic carbocycles. The van der Waals surface area contributed by atoms with Crippen molar-refractivity contribution in [2.24, 2.45) is 0 Å². The number of esters is 3. The second-order valence-electron chi connectivity index (χ2n) is 6.14. The monoisotopic (exact) mass is 464 g/mol. The zero-order valence-corrected chi connectivity index (χ0v) is 18.1. The van der Waals surface area contributed by atoms with E-state index in [9.17, 15) is 27.6 Å². The molecule has 0 spiro atoms. The summed E-state index contributed by atoms with van der Waals surface area (Å²) >= 11 is 0. The van der Waals surface area contributed by atoms with Gasteiger partial charge >= 0.3 is 17.9 Å². The van der Waals surface area contributed by atoms with Crippen molar-refractivity contribution in [3.63, 3.8) is 0 Å². The van der Waals surface area contributed by atoms with E-state index in [1.807, 2.05) is 0 Å². The van der Waals surface area contributed by atoms with Crippen LogP contribution in [0.25, 0.3) is 0 Å². The lowest BCUT2D eigenvalue weighted by atomic mass is 10.1. The summed E-state index contributed by atoms with van der Waals surface area (Å²) < 4.78 is 40.0. The van der Waals surface area contributed by atoms with E-state index < -0.39 is 40.4 Å². The summed E-state index contributed by atoms with van der Waals surface area (Å²) in [5.41, 5.74) is -0.0262. The standard InChI is InChI=1S/C20H20N2O9S/c1-21-32(27,28)16-6-4-5-12(10-16)20(26)31-11-17(23)22-15-8-13(18(24)29-2)7-14(9-15)19(25)30-3/h4-10,21H,11H2,1-3H3,(H,22,23). The van der Waals surface area contributed by atoms with E-state index in [1.54, 1.807) is 0 Å². The normalized spacial score (nSPS) is 10.7. The molecule has 0 fully saturated rings. The number of hydrogen-bond acceptors (Lipinski definition) is 9. The molecule has 0 aromatic heterocycles. The number of sulfonamides is 1. The third-order valence-corrected chi connectivity index (χ3v) is 5.45. The maximum atomic E-state index is 12.2. The second kappa shape index (κ2) is 10.5. The molecule has 170 valence electrons. The minimum absolute atomic E-state index is 0.00903. The van der Waals surface area contributed by atoms with Crippen molar-refractivity contribution in [1.82, 2.24) is 4.72 Å². The van der Waals surface area contributed by atoms with Crippen molar-refractivity contribution in [2.75, 3.05) is 33.2 Å². The molecule has 0 unspecified atom stereocenters. The molecule has 2 rings (SSSR count). The number of nitrogens with one attached hydrogen (secondary N) is 2. The van der Waals surface area contributed by atoms with E-state index in [1.165, 1.54) is 43.4 Å². The van der Waals surface area contributed by atoms with Crippen LogP contribution in [0.4, 0.5) is 5.69 Å². The summed E-state index contributed by atoms with van der Waals surface area (Å²) in [7, 11) is -0.229. The van der Waals surface area contributed by atoms with Gasteiger partial charge < -0.3 is 19.5 Å². The first-order chi connectivity index (χ1) is 15.1. The minimum atomic E-state index is -3.77. The van der Waals surface area contributed by atoms with Crippen LogP contribution in [-0.4, -0.2) is 60.1 Å². The highest BCUT2D eigenvalue weighted by Crippen LogP contribution is 2.17. The molecule has 0 atom stereocenters. The molecule has 0 aliphatic heterocycles. The van der Waals surface area contributed by atoms with Crippen molar-refractivity contribution in [3.05, 3.63) is 59.2 Å². The van der Waals surface area contributed by atoms with Crippen molar-refractivity contribution >= 4 is 39.5 Å². The van der Waals surface area contributed by atoms with E-state index in [-0.39, 0.29) is 27.3 Å². The van der Waals surface area contributed by atoms with Gasteiger partial charge in [-0.05, 0) is 43.4 Å². The van der Waals surface area contributed by atoms with E-state index >= 15 is 0 Å². The van der Waals surface area contributed by atoms with Crippen molar-refractivity contribution in [1.29, 1.82) is 0 Å². The van der Waals surface area contributed by atoms with Gasteiger partial charge in [-0.2, -0.15) is 0 Å². The Labute approximate surface area is 183 Å². The van der Waals surface area contributed by atoms with Crippen LogP contribution in [0.15, 0.2) is 47.4 Å². The van der Waals surface area contributed by atoms with Crippen LogP contribution < -0.4 is 10.0 Å². The Morgan fingerprint density at radius 2 is 1.44 bits per heavy atom. The number of methoxy groups -OCH3 is 2. The maximum Gasteiger partial charge on any atom is 0.338 e. The predicted octanol–water partition coefficient (Wildman–Crippen LogP) is 0.963. The summed E-state index contributed by atoms with van der Waals surface area (Å²) in [4.78, 5) is 47.9. The van der Waals surface area contributed by atoms with Gasteiger partial charge in [0, 0.05) is 5.69 Å². The SMILES string of the molecule is CNS(=O)(=O)c1cccc(C(=O)OCC(=O)Nc2cc(C(=O)OC)cc(C(=O)OC)c2)c1. The molecular formula is C20H20N2O9S. The first kappa shape index (κ1) is 24.5. The molecule has 0 saturated carbocycles. The molecule has 0 heterocycles. The van der Waals surface area contributed by atoms with E-state index in [4.69, 9.17) is 4.74 Å². The molecule has 0 bridgehead atoms. The van der Waals surface area contributed by atoms with Gasteiger partial charge in [-0.1, -0.05) is 6.07 Å². The summed E-state index contributed by atoms with van der Waals surface area (Å²) in [5, 5.41) is 2.39. The van der Waals surface area contributed by atoms with Crippen molar-refractivity contribution in [2.45, 2.75) is 4.90 Å². The van der Waals surface area contributed by atoms with Gasteiger partial charge in [-0.25, -0.2) is 27.5 Å². The fourth-order valence-electron chi connectivity index (χ4n) is 2.49. The lowest BCUT2D eigenvalue weighted by molar-refractivity contribution is -0.119.